The Labute approximate surface area is 229 Å². The molecule has 0 radical (unpaired) electrons. The van der Waals surface area contributed by atoms with Gasteiger partial charge in [0.2, 0.25) is 0 Å². The van der Waals surface area contributed by atoms with Gasteiger partial charge in [0.05, 0.1) is 3.39 Å². The van der Waals surface area contributed by atoms with E-state index in [4.69, 9.17) is 4.74 Å². The van der Waals surface area contributed by atoms with E-state index < -0.39 is 0 Å². The Morgan fingerprint density at radius 3 is 2.71 bits per heavy atom. The first-order valence-electron chi connectivity index (χ1n) is 12.6. The van der Waals surface area contributed by atoms with Crippen molar-refractivity contribution in [2.75, 3.05) is 0 Å². The average Bonchev–Trinajstić information content (AvgIpc) is 3.48. The Morgan fingerprint density at radius 2 is 1.94 bits per heavy atom. The highest BCUT2D eigenvalue weighted by atomic mass is 79.9. The SMILES string of the molecule is C[C@]12CC[C@@H]3c4ccc(OCc5ccccc5)cc4CC[C@H]3[C@@H]1CC(C=C(Br)Br)=C2c1cccs1. The quantitative estimate of drug-likeness (QED) is 0.280. The van der Waals surface area contributed by atoms with Crippen LogP contribution in [0.4, 0.5) is 0 Å². The molecule has 0 amide bonds. The van der Waals surface area contributed by atoms with Crippen molar-refractivity contribution in [3.8, 4) is 5.75 Å². The van der Waals surface area contributed by atoms with Crippen LogP contribution in [0.15, 0.2) is 81.1 Å². The maximum atomic E-state index is 6.17. The van der Waals surface area contributed by atoms with Gasteiger partial charge >= 0.3 is 0 Å². The molecule has 0 N–H and O–H groups in total. The molecule has 0 aliphatic heterocycles. The summed E-state index contributed by atoms with van der Waals surface area (Å²) in [5, 5.41) is 2.23. The van der Waals surface area contributed by atoms with Crippen LogP contribution in [0.5, 0.6) is 5.75 Å². The van der Waals surface area contributed by atoms with E-state index in [2.05, 4.69) is 111 Å². The highest BCUT2D eigenvalue weighted by Crippen LogP contribution is 2.65. The molecule has 180 valence electrons. The molecule has 0 saturated heterocycles. The number of fused-ring (bicyclic) bond motifs is 5. The third-order valence-electron chi connectivity index (χ3n) is 8.72. The molecular weight excluding hydrogens is 580 g/mol. The summed E-state index contributed by atoms with van der Waals surface area (Å²) < 4.78 is 7.21. The molecule has 1 nitrogen and oxygen atoms in total. The van der Waals surface area contributed by atoms with Crippen molar-refractivity contribution in [2.24, 2.45) is 17.3 Å². The number of benzene rings is 2. The van der Waals surface area contributed by atoms with Crippen molar-refractivity contribution >= 4 is 48.8 Å². The van der Waals surface area contributed by atoms with Gasteiger partial charge in [0.15, 0.2) is 0 Å². The molecule has 0 unspecified atom stereocenters. The zero-order valence-corrected chi connectivity index (χ0v) is 24.0. The summed E-state index contributed by atoms with van der Waals surface area (Å²) >= 11 is 9.20. The van der Waals surface area contributed by atoms with E-state index in [1.54, 1.807) is 11.1 Å². The van der Waals surface area contributed by atoms with Crippen LogP contribution in [0.1, 0.15) is 60.1 Å². The van der Waals surface area contributed by atoms with E-state index in [0.29, 0.717) is 18.4 Å². The van der Waals surface area contributed by atoms with Gasteiger partial charge in [-0.15, -0.1) is 11.3 Å². The number of allylic oxidation sites excluding steroid dienone is 3. The molecule has 3 aliphatic carbocycles. The second-order valence-electron chi connectivity index (χ2n) is 10.5. The van der Waals surface area contributed by atoms with Gasteiger partial charge in [0.25, 0.3) is 0 Å². The van der Waals surface area contributed by atoms with Crippen LogP contribution in [0, 0.1) is 17.3 Å². The van der Waals surface area contributed by atoms with Crippen molar-refractivity contribution in [3.63, 3.8) is 0 Å². The van der Waals surface area contributed by atoms with E-state index in [-0.39, 0.29) is 5.41 Å². The van der Waals surface area contributed by atoms with Crippen molar-refractivity contribution in [2.45, 2.75) is 51.6 Å². The van der Waals surface area contributed by atoms with Gasteiger partial charge in [-0.05, 0) is 145 Å². The number of ether oxygens (including phenoxy) is 1. The van der Waals surface area contributed by atoms with Crippen molar-refractivity contribution in [1.82, 2.24) is 0 Å². The smallest absolute Gasteiger partial charge is 0.120 e. The van der Waals surface area contributed by atoms with Crippen molar-refractivity contribution in [3.05, 3.63) is 103 Å². The number of halogens is 2. The summed E-state index contributed by atoms with van der Waals surface area (Å²) in [5.74, 6) is 3.11. The third-order valence-corrected chi connectivity index (χ3v) is 10.1. The van der Waals surface area contributed by atoms with Crippen LogP contribution < -0.4 is 4.74 Å². The Hall–Kier alpha value is -1.62. The minimum Gasteiger partial charge on any atom is -0.489 e. The Morgan fingerprint density at radius 1 is 1.09 bits per heavy atom. The molecule has 3 aliphatic rings. The first-order valence-corrected chi connectivity index (χ1v) is 15.1. The minimum atomic E-state index is 0.254. The first kappa shape index (κ1) is 23.8. The van der Waals surface area contributed by atoms with Gasteiger partial charge in [-0.3, -0.25) is 0 Å². The van der Waals surface area contributed by atoms with E-state index in [1.807, 2.05) is 11.3 Å². The zero-order chi connectivity index (χ0) is 24.0. The Bertz CT molecular complexity index is 1270. The molecule has 1 fully saturated rings. The largest absolute Gasteiger partial charge is 0.489 e. The number of hydrogen-bond donors (Lipinski definition) is 0. The van der Waals surface area contributed by atoms with Crippen molar-refractivity contribution in [1.29, 1.82) is 0 Å². The zero-order valence-electron chi connectivity index (χ0n) is 20.0. The second-order valence-corrected chi connectivity index (χ2v) is 14.2. The molecule has 6 rings (SSSR count). The maximum absolute atomic E-state index is 6.17. The molecular formula is C31H30Br2OS. The fraction of sp³-hybridized carbons (Fsp3) is 0.355. The summed E-state index contributed by atoms with van der Waals surface area (Å²) in [6, 6.07) is 21.9. The molecule has 4 atom stereocenters. The predicted octanol–water partition coefficient (Wildman–Crippen LogP) is 9.88. The van der Waals surface area contributed by atoms with Gasteiger partial charge in [0.1, 0.15) is 12.4 Å². The second kappa shape index (κ2) is 9.68. The fourth-order valence-corrected chi connectivity index (χ4v) is 8.72. The Kier molecular flexibility index (Phi) is 6.57. The van der Waals surface area contributed by atoms with Crippen molar-refractivity contribution < 1.29 is 4.74 Å². The molecule has 4 heteroatoms. The number of hydrogen-bond acceptors (Lipinski definition) is 2. The molecule has 0 spiro atoms. The van der Waals surface area contributed by atoms with Gasteiger partial charge in [-0.1, -0.05) is 49.4 Å². The van der Waals surface area contributed by atoms with E-state index >= 15 is 0 Å². The normalized spacial score (nSPS) is 27.1. The maximum Gasteiger partial charge on any atom is 0.120 e. The fourth-order valence-electron chi connectivity index (χ4n) is 7.23. The molecule has 1 aromatic heterocycles. The molecule has 2 aromatic carbocycles. The summed E-state index contributed by atoms with van der Waals surface area (Å²) in [6.45, 7) is 3.19. The monoisotopic (exact) mass is 608 g/mol. The lowest BCUT2D eigenvalue weighted by Gasteiger charge is -2.50. The highest BCUT2D eigenvalue weighted by Gasteiger charge is 2.53. The molecule has 1 heterocycles. The van der Waals surface area contributed by atoms with Crippen LogP contribution in [0.3, 0.4) is 0 Å². The minimum absolute atomic E-state index is 0.254. The number of aryl methyl sites for hydroxylation is 1. The van der Waals surface area contributed by atoms with E-state index in [1.165, 1.54) is 47.3 Å². The average molecular weight is 610 g/mol. The van der Waals surface area contributed by atoms with Gasteiger partial charge in [-0.25, -0.2) is 0 Å². The van der Waals surface area contributed by atoms with Gasteiger partial charge in [0, 0.05) is 4.88 Å². The molecule has 35 heavy (non-hydrogen) atoms. The number of rotatable bonds is 5. The first-order chi connectivity index (χ1) is 17.0. The van der Waals surface area contributed by atoms with Crippen LogP contribution >= 0.6 is 43.2 Å². The van der Waals surface area contributed by atoms with Crippen LogP contribution in [-0.4, -0.2) is 0 Å². The summed E-state index contributed by atoms with van der Waals surface area (Å²) in [4.78, 5) is 1.46. The van der Waals surface area contributed by atoms with E-state index in [9.17, 15) is 0 Å². The molecule has 1 saturated carbocycles. The lowest BCUT2D eigenvalue weighted by atomic mass is 9.54. The van der Waals surface area contributed by atoms with Gasteiger partial charge in [-0.2, -0.15) is 0 Å². The van der Waals surface area contributed by atoms with Crippen LogP contribution in [0.25, 0.3) is 5.57 Å². The van der Waals surface area contributed by atoms with Crippen LogP contribution in [-0.2, 0) is 13.0 Å². The van der Waals surface area contributed by atoms with E-state index in [0.717, 1.165) is 21.5 Å². The topological polar surface area (TPSA) is 9.23 Å². The number of thiophene rings is 1. The van der Waals surface area contributed by atoms with Crippen LogP contribution in [0.2, 0.25) is 0 Å². The lowest BCUT2D eigenvalue weighted by molar-refractivity contribution is 0.0881. The predicted molar refractivity (Wildman–Crippen MR) is 154 cm³/mol. The highest BCUT2D eigenvalue weighted by molar-refractivity contribution is 9.28. The molecule has 0 bridgehead atoms. The molecule has 3 aromatic rings. The summed E-state index contributed by atoms with van der Waals surface area (Å²) in [6.07, 6.45) is 8.47. The standard InChI is InChI=1S/C31H30Br2OS/c1-31-14-13-25-24-12-10-23(34-19-20-6-3-2-4-7-20)16-21(24)9-11-26(25)27(31)17-22(18-29(32)33)30(31)28-8-5-15-35-28/h2-8,10,12,15-16,18,25-27H,9,11,13-14,17,19H2,1H3/t25-,26-,27+,31+/m1/s1. The summed E-state index contributed by atoms with van der Waals surface area (Å²) in [7, 11) is 0. The third kappa shape index (κ3) is 4.40. The van der Waals surface area contributed by atoms with Gasteiger partial charge < -0.3 is 4.74 Å². The summed E-state index contributed by atoms with van der Waals surface area (Å²) in [5.41, 5.74) is 7.67. The lowest BCUT2D eigenvalue weighted by Crippen LogP contribution is -2.40. The Balaban J connectivity index is 1.26.